The van der Waals surface area contributed by atoms with Gasteiger partial charge in [-0.3, -0.25) is 4.68 Å². The molecule has 0 aliphatic carbocycles. The molecule has 1 heterocycles. The highest BCUT2D eigenvalue weighted by Crippen LogP contribution is 2.03. The molecule has 0 saturated carbocycles. The maximum absolute atomic E-state index is 4.23. The van der Waals surface area contributed by atoms with Crippen molar-refractivity contribution in [1.29, 1.82) is 0 Å². The topological polar surface area (TPSA) is 29.9 Å². The monoisotopic (exact) mass is 195 g/mol. The van der Waals surface area contributed by atoms with E-state index in [1.165, 1.54) is 5.69 Å². The third-order valence-corrected chi connectivity index (χ3v) is 2.71. The van der Waals surface area contributed by atoms with Gasteiger partial charge in [-0.1, -0.05) is 13.8 Å². The Morgan fingerprint density at radius 2 is 2.14 bits per heavy atom. The lowest BCUT2D eigenvalue weighted by atomic mass is 10.1. The van der Waals surface area contributed by atoms with Gasteiger partial charge < -0.3 is 5.32 Å². The van der Waals surface area contributed by atoms with Crippen molar-refractivity contribution in [2.75, 3.05) is 0 Å². The molecule has 0 aliphatic heterocycles. The molecular weight excluding hydrogens is 174 g/mol. The van der Waals surface area contributed by atoms with Crippen LogP contribution >= 0.6 is 0 Å². The molecule has 1 aromatic rings. The van der Waals surface area contributed by atoms with Crippen LogP contribution in [0.25, 0.3) is 0 Å². The fourth-order valence-corrected chi connectivity index (χ4v) is 1.30. The van der Waals surface area contributed by atoms with E-state index in [4.69, 9.17) is 0 Å². The molecule has 14 heavy (non-hydrogen) atoms. The highest BCUT2D eigenvalue weighted by Gasteiger charge is 2.07. The van der Waals surface area contributed by atoms with Gasteiger partial charge in [0.25, 0.3) is 0 Å². The molecule has 0 bridgehead atoms. The molecule has 3 heteroatoms. The first-order valence-electron chi connectivity index (χ1n) is 5.39. The molecule has 0 aliphatic rings. The smallest absolute Gasteiger partial charge is 0.0522 e. The van der Waals surface area contributed by atoms with Crippen LogP contribution in [-0.4, -0.2) is 15.8 Å². The zero-order chi connectivity index (χ0) is 10.6. The summed E-state index contributed by atoms with van der Waals surface area (Å²) in [6.07, 6.45) is 1.86. The highest BCUT2D eigenvalue weighted by molar-refractivity contribution is 5.00. The molecule has 0 saturated heterocycles. The van der Waals surface area contributed by atoms with Crippen LogP contribution in [0.4, 0.5) is 0 Å². The summed E-state index contributed by atoms with van der Waals surface area (Å²) in [4.78, 5) is 0. The van der Waals surface area contributed by atoms with E-state index in [0.29, 0.717) is 12.0 Å². The number of aromatic nitrogens is 2. The average molecular weight is 195 g/mol. The third-order valence-electron chi connectivity index (χ3n) is 2.71. The van der Waals surface area contributed by atoms with E-state index in [9.17, 15) is 0 Å². The van der Waals surface area contributed by atoms with Gasteiger partial charge in [0.05, 0.1) is 5.69 Å². The first-order valence-corrected chi connectivity index (χ1v) is 5.39. The van der Waals surface area contributed by atoms with Crippen LogP contribution in [0.1, 0.15) is 33.4 Å². The molecule has 1 atom stereocenters. The Hall–Kier alpha value is -0.830. The largest absolute Gasteiger partial charge is 0.308 e. The lowest BCUT2D eigenvalue weighted by Gasteiger charge is -2.17. The van der Waals surface area contributed by atoms with Crippen LogP contribution in [0, 0.1) is 5.92 Å². The fraction of sp³-hybridized carbons (Fsp3) is 0.727. The van der Waals surface area contributed by atoms with Crippen LogP contribution in [0.2, 0.25) is 0 Å². The number of aryl methyl sites for hydroxylation is 1. The lowest BCUT2D eigenvalue weighted by Crippen LogP contribution is -2.31. The molecule has 1 rings (SSSR count). The van der Waals surface area contributed by atoms with Crippen LogP contribution in [0.15, 0.2) is 12.3 Å². The van der Waals surface area contributed by atoms with Gasteiger partial charge in [0.1, 0.15) is 0 Å². The predicted octanol–water partition coefficient (Wildman–Crippen LogP) is 2.04. The summed E-state index contributed by atoms with van der Waals surface area (Å²) in [5, 5.41) is 7.73. The van der Waals surface area contributed by atoms with Crippen LogP contribution in [0.5, 0.6) is 0 Å². The van der Waals surface area contributed by atoms with E-state index in [-0.39, 0.29) is 0 Å². The lowest BCUT2D eigenvalue weighted by molar-refractivity contribution is 0.417. The summed E-state index contributed by atoms with van der Waals surface area (Å²) >= 11 is 0. The Bertz CT molecular complexity index is 265. The van der Waals surface area contributed by atoms with Gasteiger partial charge in [-0.05, 0) is 25.8 Å². The first-order chi connectivity index (χ1) is 6.65. The van der Waals surface area contributed by atoms with Gasteiger partial charge in [0.15, 0.2) is 0 Å². The van der Waals surface area contributed by atoms with Gasteiger partial charge in [-0.15, -0.1) is 0 Å². The van der Waals surface area contributed by atoms with E-state index in [1.54, 1.807) is 0 Å². The molecular formula is C11H21N3. The van der Waals surface area contributed by atoms with Crippen LogP contribution < -0.4 is 5.32 Å². The molecule has 0 fully saturated rings. The van der Waals surface area contributed by atoms with Crippen LogP contribution in [0.3, 0.4) is 0 Å². The summed E-state index contributed by atoms with van der Waals surface area (Å²) < 4.78 is 2.03. The Morgan fingerprint density at radius 1 is 1.43 bits per heavy atom. The van der Waals surface area contributed by atoms with Gasteiger partial charge in [-0.25, -0.2) is 0 Å². The second kappa shape index (κ2) is 5.15. The zero-order valence-electron chi connectivity index (χ0n) is 9.62. The molecule has 1 aromatic heterocycles. The Balaban J connectivity index is 2.45. The molecule has 80 valence electrons. The molecule has 0 unspecified atom stereocenters. The summed E-state index contributed by atoms with van der Waals surface area (Å²) in [5.41, 5.74) is 1.26. The Morgan fingerprint density at radius 3 is 2.71 bits per heavy atom. The quantitative estimate of drug-likeness (QED) is 0.779. The highest BCUT2D eigenvalue weighted by atomic mass is 15.3. The minimum atomic E-state index is 0.551. The molecule has 3 nitrogen and oxygen atoms in total. The van der Waals surface area contributed by atoms with E-state index >= 15 is 0 Å². The number of hydrogen-bond acceptors (Lipinski definition) is 2. The maximum atomic E-state index is 4.23. The van der Waals surface area contributed by atoms with Gasteiger partial charge in [0.2, 0.25) is 0 Å². The van der Waals surface area contributed by atoms with Crippen molar-refractivity contribution in [2.24, 2.45) is 5.92 Å². The van der Waals surface area contributed by atoms with E-state index in [1.807, 2.05) is 10.9 Å². The first kappa shape index (κ1) is 11.2. The SMILES string of the molecule is CCn1nccc1CN[C@@H](C)C(C)C. The standard InChI is InChI=1S/C11H21N3/c1-5-14-11(6-7-13-14)8-12-10(4)9(2)3/h6-7,9-10,12H,5,8H2,1-4H3/t10-/m0/s1. The van der Waals surface area contributed by atoms with Crippen molar-refractivity contribution < 1.29 is 0 Å². The summed E-state index contributed by atoms with van der Waals surface area (Å²) in [7, 11) is 0. The van der Waals surface area contributed by atoms with Crippen molar-refractivity contribution in [3.8, 4) is 0 Å². The summed E-state index contributed by atoms with van der Waals surface area (Å²) in [6.45, 7) is 10.6. The third kappa shape index (κ3) is 2.84. The number of rotatable bonds is 5. The molecule has 0 spiro atoms. The second-order valence-electron chi connectivity index (χ2n) is 4.05. The van der Waals surface area contributed by atoms with Crippen molar-refractivity contribution in [3.05, 3.63) is 18.0 Å². The van der Waals surface area contributed by atoms with Crippen molar-refractivity contribution in [3.63, 3.8) is 0 Å². The maximum Gasteiger partial charge on any atom is 0.0522 e. The van der Waals surface area contributed by atoms with Gasteiger partial charge >= 0.3 is 0 Å². The van der Waals surface area contributed by atoms with Crippen LogP contribution in [-0.2, 0) is 13.1 Å². The van der Waals surface area contributed by atoms with Crippen molar-refractivity contribution in [2.45, 2.75) is 46.8 Å². The fourth-order valence-electron chi connectivity index (χ4n) is 1.30. The van der Waals surface area contributed by atoms with E-state index < -0.39 is 0 Å². The second-order valence-corrected chi connectivity index (χ2v) is 4.05. The van der Waals surface area contributed by atoms with Crippen molar-refractivity contribution >= 4 is 0 Å². The number of nitrogens with one attached hydrogen (secondary N) is 1. The number of nitrogens with zero attached hydrogens (tertiary/aromatic N) is 2. The molecule has 0 radical (unpaired) electrons. The van der Waals surface area contributed by atoms with Gasteiger partial charge in [-0.2, -0.15) is 5.10 Å². The van der Waals surface area contributed by atoms with E-state index in [2.05, 4.69) is 44.2 Å². The molecule has 0 aromatic carbocycles. The predicted molar refractivity (Wildman–Crippen MR) is 59.0 cm³/mol. The Kier molecular flexibility index (Phi) is 4.14. The summed E-state index contributed by atoms with van der Waals surface area (Å²) in [5.74, 6) is 0.674. The van der Waals surface area contributed by atoms with Gasteiger partial charge in [0, 0.05) is 25.3 Å². The Labute approximate surface area is 86.5 Å². The minimum Gasteiger partial charge on any atom is -0.308 e. The van der Waals surface area contributed by atoms with E-state index in [0.717, 1.165) is 13.1 Å². The summed E-state index contributed by atoms with van der Waals surface area (Å²) in [6, 6.07) is 2.62. The normalized spacial score (nSPS) is 13.5. The number of hydrogen-bond donors (Lipinski definition) is 1. The zero-order valence-corrected chi connectivity index (χ0v) is 9.62. The molecule has 1 N–H and O–H groups in total. The average Bonchev–Trinajstić information content (AvgIpc) is 2.60. The van der Waals surface area contributed by atoms with Crippen molar-refractivity contribution in [1.82, 2.24) is 15.1 Å². The molecule has 0 amide bonds. The minimum absolute atomic E-state index is 0.551.